The number of hydrogen-bond donors (Lipinski definition) is 2. The predicted molar refractivity (Wildman–Crippen MR) is 46.4 cm³/mol. The van der Waals surface area contributed by atoms with E-state index in [0.717, 1.165) is 0 Å². The van der Waals surface area contributed by atoms with Crippen molar-refractivity contribution in [2.45, 2.75) is 6.92 Å². The molecule has 0 aliphatic carbocycles. The van der Waals surface area contributed by atoms with E-state index >= 15 is 0 Å². The van der Waals surface area contributed by atoms with E-state index in [1.165, 1.54) is 14.2 Å². The fourth-order valence-corrected chi connectivity index (χ4v) is 1.06. The van der Waals surface area contributed by atoms with Crippen molar-refractivity contribution in [3.05, 3.63) is 11.6 Å². The Balaban J connectivity index is 0.00000169. The van der Waals surface area contributed by atoms with Gasteiger partial charge in [-0.2, -0.15) is 0 Å². The van der Waals surface area contributed by atoms with Gasteiger partial charge in [0.15, 0.2) is 0 Å². The minimum absolute atomic E-state index is 0. The van der Waals surface area contributed by atoms with Gasteiger partial charge in [-0.05, 0) is 0 Å². The number of rotatable bonds is 2. The van der Waals surface area contributed by atoms with Crippen molar-refractivity contribution in [2.24, 2.45) is 0 Å². The Labute approximate surface area is 106 Å². The molecule has 4 nitrogen and oxygen atoms in total. The van der Waals surface area contributed by atoms with E-state index < -0.39 is 0 Å². The molecule has 0 spiro atoms. The average molecular weight is 421 g/mol. The maximum Gasteiger partial charge on any atom is 0.0961 e. The third-order valence-corrected chi connectivity index (χ3v) is 1.71. The molecule has 0 heterocycles. The third-order valence-electron chi connectivity index (χ3n) is 1.71. The van der Waals surface area contributed by atoms with Gasteiger partial charge < -0.3 is 19.7 Å². The largest absolute Gasteiger partial charge is 0.562 e. The molecular formula is C9H11O4U-. The minimum Gasteiger partial charge on any atom is -0.562 e. The van der Waals surface area contributed by atoms with E-state index in [2.05, 4.69) is 6.07 Å². The Morgan fingerprint density at radius 1 is 1.07 bits per heavy atom. The molecule has 1 aromatic carbocycles. The number of hydrogen-bond acceptors (Lipinski definition) is 4. The van der Waals surface area contributed by atoms with Crippen LogP contribution in [0.3, 0.4) is 0 Å². The Kier molecular flexibility index (Phi) is 5.17. The summed E-state index contributed by atoms with van der Waals surface area (Å²) < 4.78 is 9.71. The number of aromatic hydroxyl groups is 2. The van der Waals surface area contributed by atoms with Crippen LogP contribution in [-0.2, 0) is 0 Å². The van der Waals surface area contributed by atoms with Gasteiger partial charge in [0.1, 0.15) is 0 Å². The minimum atomic E-state index is -0.172. The summed E-state index contributed by atoms with van der Waals surface area (Å²) in [4.78, 5) is 0. The third kappa shape index (κ3) is 2.28. The van der Waals surface area contributed by atoms with Gasteiger partial charge in [-0.25, -0.2) is 0 Å². The molecule has 0 fully saturated rings. The van der Waals surface area contributed by atoms with E-state index in [0.29, 0.717) is 5.56 Å². The Morgan fingerprint density at radius 3 is 2.00 bits per heavy atom. The van der Waals surface area contributed by atoms with E-state index in [1.807, 2.05) is 0 Å². The van der Waals surface area contributed by atoms with Crippen molar-refractivity contribution in [1.29, 1.82) is 0 Å². The first-order chi connectivity index (χ1) is 6.11. The number of benzene rings is 1. The summed E-state index contributed by atoms with van der Waals surface area (Å²) in [6.45, 7) is 1.61. The fraction of sp³-hybridized carbons (Fsp3) is 0.333. The van der Waals surface area contributed by atoms with Crippen LogP contribution >= 0.6 is 0 Å². The molecule has 1 aromatic rings. The molecule has 0 saturated carbocycles. The first-order valence-corrected chi connectivity index (χ1v) is 3.67. The van der Waals surface area contributed by atoms with Crippen molar-refractivity contribution >= 4 is 0 Å². The van der Waals surface area contributed by atoms with E-state index in [1.54, 1.807) is 6.92 Å². The summed E-state index contributed by atoms with van der Waals surface area (Å²) in [7, 11) is 2.76. The van der Waals surface area contributed by atoms with Gasteiger partial charge in [-0.3, -0.25) is 0 Å². The van der Waals surface area contributed by atoms with Crippen LogP contribution in [0.4, 0.5) is 0 Å². The molecule has 0 aliphatic rings. The molecule has 0 amide bonds. The first kappa shape index (κ1) is 13.5. The van der Waals surface area contributed by atoms with Crippen molar-refractivity contribution in [3.8, 4) is 23.0 Å². The predicted octanol–water partition coefficient (Wildman–Crippen LogP) is 1.22. The summed E-state index contributed by atoms with van der Waals surface area (Å²) in [5, 5.41) is 18.8. The van der Waals surface area contributed by atoms with Crippen LogP contribution in [0, 0.1) is 44.1 Å². The maximum absolute atomic E-state index is 9.49. The Bertz CT molecular complexity index is 325. The fourth-order valence-electron chi connectivity index (χ4n) is 1.06. The van der Waals surface area contributed by atoms with Gasteiger partial charge in [0.25, 0.3) is 0 Å². The summed E-state index contributed by atoms with van der Waals surface area (Å²) >= 11 is 0. The topological polar surface area (TPSA) is 58.9 Å². The van der Waals surface area contributed by atoms with Crippen molar-refractivity contribution in [3.63, 3.8) is 0 Å². The van der Waals surface area contributed by atoms with Gasteiger partial charge in [-0.15, -0.1) is 11.6 Å². The molecule has 0 bridgehead atoms. The zero-order chi connectivity index (χ0) is 10.0. The summed E-state index contributed by atoms with van der Waals surface area (Å²) in [6, 6.07) is 2.53. The van der Waals surface area contributed by atoms with Gasteiger partial charge in [0.05, 0.1) is 31.5 Å². The molecule has 0 atom stereocenters. The zero-order valence-corrected chi connectivity index (χ0v) is 12.4. The Morgan fingerprint density at radius 2 is 1.57 bits per heavy atom. The maximum atomic E-state index is 9.49. The molecule has 5 heteroatoms. The van der Waals surface area contributed by atoms with E-state index in [4.69, 9.17) is 9.47 Å². The molecule has 1 rings (SSSR count). The van der Waals surface area contributed by atoms with Crippen molar-refractivity contribution in [2.75, 3.05) is 14.2 Å². The molecule has 14 heavy (non-hydrogen) atoms. The van der Waals surface area contributed by atoms with E-state index in [-0.39, 0.29) is 54.1 Å². The normalized spacial score (nSPS) is 9.07. The molecule has 0 aromatic heterocycles. The van der Waals surface area contributed by atoms with Crippen molar-refractivity contribution in [1.82, 2.24) is 0 Å². The monoisotopic (exact) mass is 421 g/mol. The SMILES string of the molecule is COc1c(O)[c-]c(C)c(O)c1OC.[U]. The van der Waals surface area contributed by atoms with Gasteiger partial charge in [0.2, 0.25) is 0 Å². The molecule has 2 N–H and O–H groups in total. The van der Waals surface area contributed by atoms with Crippen LogP contribution in [0.5, 0.6) is 23.0 Å². The van der Waals surface area contributed by atoms with Gasteiger partial charge in [0, 0.05) is 36.9 Å². The quantitative estimate of drug-likeness (QED) is 0.557. The molecular weight excluding hydrogens is 410 g/mol. The molecule has 0 aliphatic heterocycles. The van der Waals surface area contributed by atoms with Crippen molar-refractivity contribution < 1.29 is 50.8 Å². The summed E-state index contributed by atoms with van der Waals surface area (Å²) in [5.74, 6) is -0.0337. The number of ether oxygens (including phenoxy) is 2. The van der Waals surface area contributed by atoms with Gasteiger partial charge >= 0.3 is 0 Å². The van der Waals surface area contributed by atoms with Crippen LogP contribution in [0.2, 0.25) is 0 Å². The van der Waals surface area contributed by atoms with Crippen LogP contribution < -0.4 is 9.47 Å². The first-order valence-electron chi connectivity index (χ1n) is 3.67. The number of phenols is 2. The van der Waals surface area contributed by atoms with Crippen LogP contribution in [-0.4, -0.2) is 24.4 Å². The summed E-state index contributed by atoms with van der Waals surface area (Å²) in [6.07, 6.45) is 0. The number of phenolic OH excluding ortho intramolecular Hbond substituents is 2. The molecule has 0 radical (unpaired) electrons. The second-order valence-corrected chi connectivity index (χ2v) is 2.51. The van der Waals surface area contributed by atoms with Crippen LogP contribution in [0.1, 0.15) is 5.56 Å². The average Bonchev–Trinajstić information content (AvgIpc) is 2.10. The number of aryl methyl sites for hydroxylation is 1. The second-order valence-electron chi connectivity index (χ2n) is 2.51. The summed E-state index contributed by atoms with van der Waals surface area (Å²) in [5.41, 5.74) is 0.412. The van der Waals surface area contributed by atoms with Crippen LogP contribution in [0.15, 0.2) is 0 Å². The van der Waals surface area contributed by atoms with Gasteiger partial charge in [-0.1, -0.05) is 6.92 Å². The smallest absolute Gasteiger partial charge is 0.0961 e. The Hall–Kier alpha value is -0.528. The van der Waals surface area contributed by atoms with Crippen LogP contribution in [0.25, 0.3) is 0 Å². The standard InChI is InChI=1S/C9H11O4.U/c1-5-4-6(10)8(12-2)9(13-3)7(5)11;/h10-11H,1-3H3;/q-1;. The second kappa shape index (κ2) is 5.38. The molecule has 0 saturated heterocycles. The molecule has 76 valence electrons. The zero-order valence-electron chi connectivity index (χ0n) is 8.21. The van der Waals surface area contributed by atoms with E-state index in [9.17, 15) is 10.2 Å². The number of methoxy groups -OCH3 is 2. The molecule has 0 unspecified atom stereocenters.